The molecule has 5 aromatic rings. The number of rotatable bonds is 6. The Morgan fingerprint density at radius 2 is 1.43 bits per heavy atom. The standard InChI is InChI=1S/C27H21N5O2S/c28-20-8-4-18(5-9-20)25-26(19-6-10-21(29)11-7-19)31-27(30-25)24-16-15-23(35-24)14-3-17-1-12-22(13-2-17)32(33)34/h1-16H,28-29H2,(H,30,31)/b14-3+. The van der Waals surface area contributed by atoms with E-state index in [0.29, 0.717) is 11.4 Å². The maximum absolute atomic E-state index is 10.8. The molecule has 5 rings (SSSR count). The van der Waals surface area contributed by atoms with Crippen LogP contribution in [0.3, 0.4) is 0 Å². The third-order valence-electron chi connectivity index (χ3n) is 5.49. The summed E-state index contributed by atoms with van der Waals surface area (Å²) >= 11 is 1.60. The van der Waals surface area contributed by atoms with Crippen molar-refractivity contribution < 1.29 is 4.92 Å². The molecule has 2 aromatic heterocycles. The summed E-state index contributed by atoms with van der Waals surface area (Å²) in [6, 6.07) is 25.8. The normalized spacial score (nSPS) is 11.2. The summed E-state index contributed by atoms with van der Waals surface area (Å²) in [7, 11) is 0. The minimum absolute atomic E-state index is 0.0761. The molecule has 0 aliphatic carbocycles. The Morgan fingerprint density at radius 3 is 2.06 bits per heavy atom. The van der Waals surface area contributed by atoms with Gasteiger partial charge in [-0.25, -0.2) is 4.98 Å². The number of hydrogen-bond donors (Lipinski definition) is 3. The van der Waals surface area contributed by atoms with E-state index in [-0.39, 0.29) is 5.69 Å². The monoisotopic (exact) mass is 479 g/mol. The van der Waals surface area contributed by atoms with Crippen LogP contribution in [-0.2, 0) is 0 Å². The zero-order valence-electron chi connectivity index (χ0n) is 18.5. The predicted octanol–water partition coefficient (Wildman–Crippen LogP) is 6.72. The predicted molar refractivity (Wildman–Crippen MR) is 144 cm³/mol. The summed E-state index contributed by atoms with van der Waals surface area (Å²) in [6.45, 7) is 0. The summed E-state index contributed by atoms with van der Waals surface area (Å²) in [6.07, 6.45) is 3.92. The van der Waals surface area contributed by atoms with Gasteiger partial charge in [0.1, 0.15) is 5.82 Å². The molecule has 2 heterocycles. The first-order valence-electron chi connectivity index (χ1n) is 10.8. The van der Waals surface area contributed by atoms with Crippen molar-refractivity contribution in [3.63, 3.8) is 0 Å². The number of H-pyrrole nitrogens is 1. The molecule has 0 spiro atoms. The number of nitro groups is 1. The fourth-order valence-corrected chi connectivity index (χ4v) is 4.51. The summed E-state index contributed by atoms with van der Waals surface area (Å²) in [5.74, 6) is 0.767. The Morgan fingerprint density at radius 1 is 0.800 bits per heavy atom. The molecule has 0 bridgehead atoms. The molecule has 5 N–H and O–H groups in total. The van der Waals surface area contributed by atoms with Gasteiger partial charge >= 0.3 is 0 Å². The van der Waals surface area contributed by atoms with Gasteiger partial charge in [0.05, 0.1) is 21.2 Å². The Bertz CT molecular complexity index is 1450. The number of nitrogens with two attached hydrogens (primary N) is 2. The van der Waals surface area contributed by atoms with E-state index in [1.54, 1.807) is 23.5 Å². The topological polar surface area (TPSA) is 124 Å². The number of hydrogen-bond acceptors (Lipinski definition) is 6. The Hall–Kier alpha value is -4.69. The van der Waals surface area contributed by atoms with Crippen LogP contribution in [0.1, 0.15) is 10.4 Å². The number of aromatic nitrogens is 2. The molecule has 0 atom stereocenters. The number of nitrogens with one attached hydrogen (secondary N) is 1. The first kappa shape index (κ1) is 22.1. The van der Waals surface area contributed by atoms with Gasteiger partial charge in [-0.05, 0) is 60.2 Å². The van der Waals surface area contributed by atoms with E-state index in [1.807, 2.05) is 72.8 Å². The molecule has 0 saturated carbocycles. The number of nitro benzene ring substituents is 1. The van der Waals surface area contributed by atoms with Gasteiger partial charge < -0.3 is 16.5 Å². The summed E-state index contributed by atoms with van der Waals surface area (Å²) < 4.78 is 0. The van der Waals surface area contributed by atoms with Gasteiger partial charge in [0.2, 0.25) is 0 Å². The summed E-state index contributed by atoms with van der Waals surface area (Å²) in [5.41, 5.74) is 17.8. The van der Waals surface area contributed by atoms with Crippen LogP contribution < -0.4 is 11.5 Å². The largest absolute Gasteiger partial charge is 0.399 e. The van der Waals surface area contributed by atoms with E-state index < -0.39 is 4.92 Å². The highest BCUT2D eigenvalue weighted by Crippen LogP contribution is 2.36. The van der Waals surface area contributed by atoms with Crippen molar-refractivity contribution in [1.82, 2.24) is 9.97 Å². The quantitative estimate of drug-likeness (QED) is 0.142. The minimum Gasteiger partial charge on any atom is -0.399 e. The molecule has 172 valence electrons. The van der Waals surface area contributed by atoms with E-state index in [0.717, 1.165) is 43.7 Å². The lowest BCUT2D eigenvalue weighted by Gasteiger charge is -2.04. The van der Waals surface area contributed by atoms with Crippen molar-refractivity contribution >= 4 is 40.6 Å². The van der Waals surface area contributed by atoms with Gasteiger partial charge in [0, 0.05) is 39.5 Å². The Kier molecular flexibility index (Phi) is 5.87. The molecule has 0 aliphatic heterocycles. The van der Waals surface area contributed by atoms with E-state index in [4.69, 9.17) is 16.5 Å². The lowest BCUT2D eigenvalue weighted by Crippen LogP contribution is -1.88. The molecule has 0 unspecified atom stereocenters. The van der Waals surface area contributed by atoms with Crippen molar-refractivity contribution in [2.45, 2.75) is 0 Å². The lowest BCUT2D eigenvalue weighted by molar-refractivity contribution is -0.384. The summed E-state index contributed by atoms with van der Waals surface area (Å²) in [4.78, 5) is 20.9. The number of nitrogens with zero attached hydrogens (tertiary/aromatic N) is 2. The summed E-state index contributed by atoms with van der Waals surface area (Å²) in [5, 5.41) is 10.8. The Balaban J connectivity index is 1.47. The molecule has 35 heavy (non-hydrogen) atoms. The molecular formula is C27H21N5O2S. The van der Waals surface area contributed by atoms with Crippen LogP contribution in [0.15, 0.2) is 84.9 Å². The van der Waals surface area contributed by atoms with Gasteiger partial charge in [-0.1, -0.05) is 30.3 Å². The van der Waals surface area contributed by atoms with Gasteiger partial charge in [0.15, 0.2) is 0 Å². The second kappa shape index (κ2) is 9.28. The molecule has 0 aliphatic rings. The molecule has 0 saturated heterocycles. The van der Waals surface area contributed by atoms with E-state index in [9.17, 15) is 10.1 Å². The van der Waals surface area contributed by atoms with Crippen molar-refractivity contribution in [2.24, 2.45) is 0 Å². The van der Waals surface area contributed by atoms with E-state index >= 15 is 0 Å². The Labute approximate surface area is 205 Å². The third-order valence-corrected chi connectivity index (χ3v) is 6.55. The molecule has 0 fully saturated rings. The third kappa shape index (κ3) is 4.83. The van der Waals surface area contributed by atoms with Crippen molar-refractivity contribution in [1.29, 1.82) is 0 Å². The van der Waals surface area contributed by atoms with Crippen LogP contribution in [-0.4, -0.2) is 14.9 Å². The second-order valence-corrected chi connectivity index (χ2v) is 9.05. The number of thiophene rings is 1. The van der Waals surface area contributed by atoms with Crippen LogP contribution in [0.2, 0.25) is 0 Å². The number of anilines is 2. The van der Waals surface area contributed by atoms with Gasteiger partial charge in [-0.2, -0.15) is 0 Å². The van der Waals surface area contributed by atoms with E-state index in [1.165, 1.54) is 12.1 Å². The van der Waals surface area contributed by atoms with Crippen LogP contribution in [0.5, 0.6) is 0 Å². The minimum atomic E-state index is -0.403. The first-order chi connectivity index (χ1) is 17.0. The van der Waals surface area contributed by atoms with Crippen LogP contribution in [0.25, 0.3) is 45.4 Å². The van der Waals surface area contributed by atoms with Crippen LogP contribution in [0, 0.1) is 10.1 Å². The highest BCUT2D eigenvalue weighted by atomic mass is 32.1. The SMILES string of the molecule is Nc1ccc(-c2nc(-c3ccc(/C=C/c4ccc([N+](=O)[O-])cc4)s3)[nH]c2-c2ccc(N)cc2)cc1. The average molecular weight is 480 g/mol. The molecule has 0 amide bonds. The number of imidazole rings is 1. The smallest absolute Gasteiger partial charge is 0.269 e. The molecule has 7 nitrogen and oxygen atoms in total. The van der Waals surface area contributed by atoms with Crippen LogP contribution in [0.4, 0.5) is 17.1 Å². The van der Waals surface area contributed by atoms with Crippen molar-refractivity contribution in [3.8, 4) is 33.2 Å². The fraction of sp³-hybridized carbons (Fsp3) is 0. The number of nitrogen functional groups attached to an aromatic ring is 2. The van der Waals surface area contributed by atoms with Crippen LogP contribution >= 0.6 is 11.3 Å². The van der Waals surface area contributed by atoms with Gasteiger partial charge in [0.25, 0.3) is 5.69 Å². The molecule has 8 heteroatoms. The van der Waals surface area contributed by atoms with Gasteiger partial charge in [-0.3, -0.25) is 10.1 Å². The molecule has 0 radical (unpaired) electrons. The van der Waals surface area contributed by atoms with Crippen molar-refractivity contribution in [3.05, 3.63) is 105 Å². The highest BCUT2D eigenvalue weighted by Gasteiger charge is 2.16. The molecule has 3 aromatic carbocycles. The van der Waals surface area contributed by atoms with E-state index in [2.05, 4.69) is 4.98 Å². The molecular weight excluding hydrogens is 458 g/mol. The zero-order chi connectivity index (χ0) is 24.4. The number of non-ortho nitro benzene ring substituents is 1. The maximum atomic E-state index is 10.8. The second-order valence-electron chi connectivity index (χ2n) is 7.94. The first-order valence-corrected chi connectivity index (χ1v) is 11.6. The van der Waals surface area contributed by atoms with Crippen molar-refractivity contribution in [2.75, 3.05) is 11.5 Å². The number of benzene rings is 3. The maximum Gasteiger partial charge on any atom is 0.269 e. The highest BCUT2D eigenvalue weighted by molar-refractivity contribution is 7.16. The lowest BCUT2D eigenvalue weighted by atomic mass is 10.0. The zero-order valence-corrected chi connectivity index (χ0v) is 19.3. The average Bonchev–Trinajstić information content (AvgIpc) is 3.52. The van der Waals surface area contributed by atoms with Gasteiger partial charge in [-0.15, -0.1) is 11.3 Å². The number of aromatic amines is 1. The fourth-order valence-electron chi connectivity index (χ4n) is 3.65.